The average molecular weight is 393 g/mol. The molecule has 2 rings (SSSR count). The lowest BCUT2D eigenvalue weighted by Gasteiger charge is -2.30. The Labute approximate surface area is 163 Å². The van der Waals surface area contributed by atoms with Gasteiger partial charge in [0.1, 0.15) is 17.6 Å². The Morgan fingerprint density at radius 1 is 1.15 bits per heavy atom. The molecule has 2 aromatic rings. The summed E-state index contributed by atoms with van der Waals surface area (Å²) in [6.07, 6.45) is 0.438. The molecule has 144 valence electrons. The van der Waals surface area contributed by atoms with Crippen molar-refractivity contribution in [2.45, 2.75) is 25.9 Å². The Morgan fingerprint density at radius 2 is 1.78 bits per heavy atom. The highest BCUT2D eigenvalue weighted by Crippen LogP contribution is 2.17. The number of ether oxygens (including phenoxy) is 1. The van der Waals surface area contributed by atoms with Crippen molar-refractivity contribution in [2.24, 2.45) is 0 Å². The second-order valence-electron chi connectivity index (χ2n) is 5.93. The number of likely N-dealkylation sites (N-methyl/N-ethyl adjacent to an activating group) is 1. The van der Waals surface area contributed by atoms with Gasteiger partial charge >= 0.3 is 0 Å². The van der Waals surface area contributed by atoms with Crippen LogP contribution in [0.3, 0.4) is 0 Å². The zero-order chi connectivity index (χ0) is 19.8. The third-order valence-electron chi connectivity index (χ3n) is 4.07. The molecule has 0 bridgehead atoms. The van der Waals surface area contributed by atoms with Crippen molar-refractivity contribution in [3.8, 4) is 5.75 Å². The summed E-state index contributed by atoms with van der Waals surface area (Å²) >= 11 is 5.84. The highest BCUT2D eigenvalue weighted by Gasteiger charge is 2.28. The summed E-state index contributed by atoms with van der Waals surface area (Å²) in [7, 11) is 1.52. The summed E-state index contributed by atoms with van der Waals surface area (Å²) in [4.78, 5) is 26.5. The van der Waals surface area contributed by atoms with Crippen LogP contribution in [0, 0.1) is 5.82 Å². The maximum absolute atomic E-state index is 13.2. The van der Waals surface area contributed by atoms with E-state index in [1.54, 1.807) is 36.4 Å². The lowest BCUT2D eigenvalue weighted by molar-refractivity contribution is -0.142. The summed E-state index contributed by atoms with van der Waals surface area (Å²) < 4.78 is 18.7. The number of rotatable bonds is 8. The smallest absolute Gasteiger partial charge is 0.261 e. The van der Waals surface area contributed by atoms with Crippen molar-refractivity contribution in [1.29, 1.82) is 0 Å². The van der Waals surface area contributed by atoms with Crippen molar-refractivity contribution < 1.29 is 18.7 Å². The SMILES string of the molecule is CC[C@H](C(=O)NC)N(Cc1ccc(F)cc1)C(=O)COc1ccc(Cl)cc1. The fourth-order valence-corrected chi connectivity index (χ4v) is 2.76. The Morgan fingerprint density at radius 3 is 2.33 bits per heavy atom. The average Bonchev–Trinajstić information content (AvgIpc) is 2.68. The van der Waals surface area contributed by atoms with E-state index in [0.29, 0.717) is 17.2 Å². The lowest BCUT2D eigenvalue weighted by Crippen LogP contribution is -2.49. The second kappa shape index (κ2) is 9.92. The summed E-state index contributed by atoms with van der Waals surface area (Å²) in [6, 6.07) is 11.8. The molecule has 0 saturated heterocycles. The highest BCUT2D eigenvalue weighted by molar-refractivity contribution is 6.30. The second-order valence-corrected chi connectivity index (χ2v) is 6.37. The topological polar surface area (TPSA) is 58.6 Å². The molecule has 0 spiro atoms. The van der Waals surface area contributed by atoms with E-state index in [1.165, 1.54) is 24.1 Å². The number of hydrogen-bond acceptors (Lipinski definition) is 3. The summed E-state index contributed by atoms with van der Waals surface area (Å²) in [6.45, 7) is 1.77. The third-order valence-corrected chi connectivity index (χ3v) is 4.33. The predicted molar refractivity (Wildman–Crippen MR) is 102 cm³/mol. The van der Waals surface area contributed by atoms with E-state index in [9.17, 15) is 14.0 Å². The molecule has 0 aliphatic heterocycles. The maximum atomic E-state index is 13.2. The summed E-state index contributed by atoms with van der Waals surface area (Å²) in [5.74, 6) is -0.465. The van der Waals surface area contributed by atoms with Crippen molar-refractivity contribution in [2.75, 3.05) is 13.7 Å². The van der Waals surface area contributed by atoms with Crippen molar-refractivity contribution >= 4 is 23.4 Å². The number of amides is 2. The van der Waals surface area contributed by atoms with E-state index in [0.717, 1.165) is 5.56 Å². The van der Waals surface area contributed by atoms with Crippen LogP contribution in [0.1, 0.15) is 18.9 Å². The minimum Gasteiger partial charge on any atom is -0.484 e. The fourth-order valence-electron chi connectivity index (χ4n) is 2.63. The molecule has 0 heterocycles. The number of hydrogen-bond donors (Lipinski definition) is 1. The van der Waals surface area contributed by atoms with Gasteiger partial charge in [-0.25, -0.2) is 4.39 Å². The lowest BCUT2D eigenvalue weighted by atomic mass is 10.1. The number of benzene rings is 2. The van der Waals surface area contributed by atoms with Gasteiger partial charge in [0.25, 0.3) is 5.91 Å². The number of carbonyl (C=O) groups is 2. The number of nitrogens with one attached hydrogen (secondary N) is 1. The van der Waals surface area contributed by atoms with Crippen LogP contribution in [0.2, 0.25) is 5.02 Å². The summed E-state index contributed by atoms with van der Waals surface area (Å²) in [5, 5.41) is 3.14. The first kappa shape index (κ1) is 20.7. The minimum absolute atomic E-state index is 0.176. The molecule has 0 fully saturated rings. The van der Waals surface area contributed by atoms with Gasteiger partial charge in [0, 0.05) is 18.6 Å². The van der Waals surface area contributed by atoms with Crippen molar-refractivity contribution in [3.63, 3.8) is 0 Å². The molecule has 1 N–H and O–H groups in total. The zero-order valence-electron chi connectivity index (χ0n) is 15.2. The Hall–Kier alpha value is -2.60. The van der Waals surface area contributed by atoms with Gasteiger partial charge in [0.05, 0.1) is 0 Å². The number of nitrogens with zero attached hydrogens (tertiary/aromatic N) is 1. The van der Waals surface area contributed by atoms with Gasteiger partial charge in [-0.05, 0) is 48.4 Å². The Bertz CT molecular complexity index is 766. The van der Waals surface area contributed by atoms with Crippen molar-refractivity contribution in [1.82, 2.24) is 10.2 Å². The summed E-state index contributed by atoms with van der Waals surface area (Å²) in [5.41, 5.74) is 0.721. The molecule has 1 atom stereocenters. The van der Waals surface area contributed by atoms with Crippen molar-refractivity contribution in [3.05, 3.63) is 64.9 Å². The quantitative estimate of drug-likeness (QED) is 0.749. The van der Waals surface area contributed by atoms with Gasteiger partial charge in [0.15, 0.2) is 6.61 Å². The molecule has 0 aliphatic carbocycles. The molecule has 27 heavy (non-hydrogen) atoms. The fraction of sp³-hybridized carbons (Fsp3) is 0.300. The molecule has 2 aromatic carbocycles. The molecule has 0 aromatic heterocycles. The van der Waals surface area contributed by atoms with Gasteiger partial charge in [0.2, 0.25) is 5.91 Å². The van der Waals surface area contributed by atoms with Gasteiger partial charge in [-0.1, -0.05) is 30.7 Å². The van der Waals surface area contributed by atoms with Gasteiger partial charge in [-0.3, -0.25) is 9.59 Å². The molecule has 0 aliphatic rings. The molecule has 0 saturated carbocycles. The minimum atomic E-state index is -0.652. The van der Waals surface area contributed by atoms with Crippen LogP contribution in [-0.4, -0.2) is 36.4 Å². The van der Waals surface area contributed by atoms with E-state index < -0.39 is 6.04 Å². The normalized spacial score (nSPS) is 11.6. The van der Waals surface area contributed by atoms with Crippen LogP contribution >= 0.6 is 11.6 Å². The van der Waals surface area contributed by atoms with Crippen LogP contribution in [0.15, 0.2) is 48.5 Å². The third kappa shape index (κ3) is 5.96. The monoisotopic (exact) mass is 392 g/mol. The first-order chi connectivity index (χ1) is 12.9. The molecule has 5 nitrogen and oxygen atoms in total. The predicted octanol–water partition coefficient (Wildman–Crippen LogP) is 3.41. The van der Waals surface area contributed by atoms with Gasteiger partial charge in [-0.2, -0.15) is 0 Å². The first-order valence-electron chi connectivity index (χ1n) is 8.58. The largest absolute Gasteiger partial charge is 0.484 e. The van der Waals surface area contributed by atoms with E-state index in [1.807, 2.05) is 6.92 Å². The number of carbonyl (C=O) groups excluding carboxylic acids is 2. The molecular formula is C20H22ClFN2O3. The molecular weight excluding hydrogens is 371 g/mol. The molecule has 2 amide bonds. The van der Waals surface area contributed by atoms with Gasteiger partial charge < -0.3 is 15.0 Å². The Kier molecular flexibility index (Phi) is 7.61. The molecule has 0 unspecified atom stereocenters. The van der Waals surface area contributed by atoms with Crippen LogP contribution < -0.4 is 10.1 Å². The van der Waals surface area contributed by atoms with Crippen LogP contribution in [0.5, 0.6) is 5.75 Å². The van der Waals surface area contributed by atoms with Crippen LogP contribution in [0.25, 0.3) is 0 Å². The van der Waals surface area contributed by atoms with Crippen LogP contribution in [0.4, 0.5) is 4.39 Å². The molecule has 0 radical (unpaired) electrons. The van der Waals surface area contributed by atoms with E-state index in [-0.39, 0.29) is 30.8 Å². The Balaban J connectivity index is 2.15. The van der Waals surface area contributed by atoms with E-state index in [2.05, 4.69) is 5.32 Å². The highest BCUT2D eigenvalue weighted by atomic mass is 35.5. The van der Waals surface area contributed by atoms with Gasteiger partial charge in [-0.15, -0.1) is 0 Å². The maximum Gasteiger partial charge on any atom is 0.261 e. The van der Waals surface area contributed by atoms with E-state index >= 15 is 0 Å². The zero-order valence-corrected chi connectivity index (χ0v) is 16.0. The van der Waals surface area contributed by atoms with E-state index in [4.69, 9.17) is 16.3 Å². The standard InChI is InChI=1S/C20H22ClFN2O3/c1-3-18(20(26)23-2)24(12-14-4-8-16(22)9-5-14)19(25)13-27-17-10-6-15(21)7-11-17/h4-11,18H,3,12-13H2,1-2H3,(H,23,26)/t18-/m1/s1. The first-order valence-corrected chi connectivity index (χ1v) is 8.96. The molecule has 7 heteroatoms. The van der Waals surface area contributed by atoms with Crippen LogP contribution in [-0.2, 0) is 16.1 Å². The number of halogens is 2.